The number of nitrogen functional groups attached to an aromatic ring is 1. The molecule has 0 bridgehead atoms. The fourth-order valence-corrected chi connectivity index (χ4v) is 3.47. The van der Waals surface area contributed by atoms with Gasteiger partial charge in [0.2, 0.25) is 5.91 Å². The second-order valence-corrected chi connectivity index (χ2v) is 6.70. The molecule has 1 saturated heterocycles. The van der Waals surface area contributed by atoms with Crippen LogP contribution >= 0.6 is 0 Å². The largest absolute Gasteiger partial charge is 0.399 e. The van der Waals surface area contributed by atoms with Crippen LogP contribution in [0.15, 0.2) is 24.3 Å². The Morgan fingerprint density at radius 3 is 2.79 bits per heavy atom. The maximum absolute atomic E-state index is 12.7. The summed E-state index contributed by atoms with van der Waals surface area (Å²) in [7, 11) is 0. The molecule has 1 atom stereocenters. The average molecular weight is 326 g/mol. The van der Waals surface area contributed by atoms with E-state index in [1.165, 1.54) is 11.2 Å². The Labute approximate surface area is 140 Å². The summed E-state index contributed by atoms with van der Waals surface area (Å²) in [5, 5.41) is 12.9. The number of likely N-dealkylation sites (tertiary alicyclic amines) is 1. The van der Waals surface area contributed by atoms with Gasteiger partial charge < -0.3 is 10.6 Å². The first kappa shape index (κ1) is 15.1. The first-order chi connectivity index (χ1) is 11.7. The van der Waals surface area contributed by atoms with Gasteiger partial charge in [0.25, 0.3) is 0 Å². The molecular formula is C17H22N6O. The molecule has 1 aliphatic carbocycles. The number of tetrazole rings is 1. The Morgan fingerprint density at radius 1 is 1.17 bits per heavy atom. The molecule has 7 nitrogen and oxygen atoms in total. The molecule has 2 N–H and O–H groups in total. The number of piperidine rings is 1. The summed E-state index contributed by atoms with van der Waals surface area (Å²) in [6.45, 7) is 0.798. The topological polar surface area (TPSA) is 89.9 Å². The summed E-state index contributed by atoms with van der Waals surface area (Å²) < 4.78 is 0. The molecule has 2 aliphatic rings. The Bertz CT molecular complexity index is 738. The molecule has 126 valence electrons. The Kier molecular flexibility index (Phi) is 3.92. The Hall–Kier alpha value is -2.44. The minimum atomic E-state index is -0.0540. The zero-order chi connectivity index (χ0) is 16.5. The zero-order valence-electron chi connectivity index (χ0n) is 13.6. The summed E-state index contributed by atoms with van der Waals surface area (Å²) in [6.07, 6.45) is 6.25. The van der Waals surface area contributed by atoms with Crippen molar-refractivity contribution in [2.45, 2.75) is 44.6 Å². The number of amides is 1. The van der Waals surface area contributed by atoms with E-state index in [9.17, 15) is 4.79 Å². The fourth-order valence-electron chi connectivity index (χ4n) is 3.47. The third-order valence-corrected chi connectivity index (χ3v) is 5.07. The van der Waals surface area contributed by atoms with Crippen LogP contribution in [0.5, 0.6) is 0 Å². The number of nitrogens with two attached hydrogens (primary N) is 1. The second-order valence-electron chi connectivity index (χ2n) is 6.70. The van der Waals surface area contributed by atoms with Crippen molar-refractivity contribution < 1.29 is 4.79 Å². The summed E-state index contributed by atoms with van der Waals surface area (Å²) >= 11 is 0. The van der Waals surface area contributed by atoms with Gasteiger partial charge in [0.15, 0.2) is 5.82 Å². The molecule has 1 amide bonds. The SMILES string of the molecule is Nc1cccc(-n2nnc(C3CCCCN3C(=O)C3CCC3)n2)c1. The van der Waals surface area contributed by atoms with Crippen LogP contribution in [-0.2, 0) is 4.79 Å². The maximum Gasteiger partial charge on any atom is 0.226 e. The van der Waals surface area contributed by atoms with Crippen LogP contribution in [0.2, 0.25) is 0 Å². The van der Waals surface area contributed by atoms with Gasteiger partial charge in [0.05, 0.1) is 11.7 Å². The van der Waals surface area contributed by atoms with E-state index in [-0.39, 0.29) is 17.9 Å². The number of nitrogens with zero attached hydrogens (tertiary/aromatic N) is 5. The van der Waals surface area contributed by atoms with E-state index >= 15 is 0 Å². The van der Waals surface area contributed by atoms with E-state index in [2.05, 4.69) is 15.4 Å². The van der Waals surface area contributed by atoms with Gasteiger partial charge in [0, 0.05) is 18.2 Å². The molecule has 2 fully saturated rings. The van der Waals surface area contributed by atoms with Crippen molar-refractivity contribution in [2.75, 3.05) is 12.3 Å². The number of hydrogen-bond donors (Lipinski definition) is 1. The lowest BCUT2D eigenvalue weighted by Crippen LogP contribution is -2.44. The third-order valence-electron chi connectivity index (χ3n) is 5.07. The van der Waals surface area contributed by atoms with Crippen LogP contribution in [0.1, 0.15) is 50.4 Å². The minimum Gasteiger partial charge on any atom is -0.399 e. The van der Waals surface area contributed by atoms with Gasteiger partial charge in [-0.05, 0) is 55.5 Å². The lowest BCUT2D eigenvalue weighted by atomic mass is 9.83. The van der Waals surface area contributed by atoms with Crippen molar-refractivity contribution >= 4 is 11.6 Å². The van der Waals surface area contributed by atoms with Crippen LogP contribution in [0.25, 0.3) is 5.69 Å². The lowest BCUT2D eigenvalue weighted by molar-refractivity contribution is -0.142. The molecule has 0 radical (unpaired) electrons. The highest BCUT2D eigenvalue weighted by atomic mass is 16.2. The first-order valence-electron chi connectivity index (χ1n) is 8.69. The van der Waals surface area contributed by atoms with E-state index in [0.29, 0.717) is 11.5 Å². The standard InChI is InChI=1S/C17H22N6O/c18-13-7-4-8-14(11-13)23-20-16(19-21-23)15-9-1-2-10-22(15)17(24)12-5-3-6-12/h4,7-8,11-12,15H,1-3,5-6,9-10,18H2. The second kappa shape index (κ2) is 6.22. The van der Waals surface area contributed by atoms with Gasteiger partial charge in [-0.1, -0.05) is 12.5 Å². The number of anilines is 1. The Morgan fingerprint density at radius 2 is 2.04 bits per heavy atom. The normalized spacial score (nSPS) is 21.5. The fraction of sp³-hybridized carbons (Fsp3) is 0.529. The van der Waals surface area contributed by atoms with Crippen LogP contribution in [-0.4, -0.2) is 37.6 Å². The van der Waals surface area contributed by atoms with Gasteiger partial charge in [-0.3, -0.25) is 4.79 Å². The zero-order valence-corrected chi connectivity index (χ0v) is 13.6. The van der Waals surface area contributed by atoms with Gasteiger partial charge in [-0.2, -0.15) is 0 Å². The molecule has 7 heteroatoms. The molecule has 1 aromatic heterocycles. The number of aromatic nitrogens is 4. The highest BCUT2D eigenvalue weighted by Gasteiger charge is 2.36. The molecule has 1 unspecified atom stereocenters. The minimum absolute atomic E-state index is 0.0540. The van der Waals surface area contributed by atoms with Gasteiger partial charge >= 0.3 is 0 Å². The van der Waals surface area contributed by atoms with Crippen LogP contribution in [0, 0.1) is 5.92 Å². The molecule has 1 aliphatic heterocycles. The molecule has 2 aromatic rings. The number of hydrogen-bond acceptors (Lipinski definition) is 5. The van der Waals surface area contributed by atoms with Gasteiger partial charge in [0.1, 0.15) is 0 Å². The molecule has 1 saturated carbocycles. The van der Waals surface area contributed by atoms with Crippen molar-refractivity contribution in [1.29, 1.82) is 0 Å². The highest BCUT2D eigenvalue weighted by molar-refractivity contribution is 5.80. The number of carbonyl (C=O) groups excluding carboxylic acids is 1. The van der Waals surface area contributed by atoms with Crippen molar-refractivity contribution in [3.8, 4) is 5.69 Å². The van der Waals surface area contributed by atoms with Crippen molar-refractivity contribution in [2.24, 2.45) is 5.92 Å². The van der Waals surface area contributed by atoms with Gasteiger partial charge in [-0.25, -0.2) is 0 Å². The molecule has 1 aromatic carbocycles. The monoisotopic (exact) mass is 326 g/mol. The lowest BCUT2D eigenvalue weighted by Gasteiger charge is -2.38. The number of carbonyl (C=O) groups is 1. The van der Waals surface area contributed by atoms with Crippen LogP contribution in [0.3, 0.4) is 0 Å². The third kappa shape index (κ3) is 2.74. The summed E-state index contributed by atoms with van der Waals surface area (Å²) in [6, 6.07) is 7.33. The number of benzene rings is 1. The maximum atomic E-state index is 12.7. The van der Waals surface area contributed by atoms with E-state index < -0.39 is 0 Å². The summed E-state index contributed by atoms with van der Waals surface area (Å²) in [5.74, 6) is 1.10. The predicted octanol–water partition coefficient (Wildman–Crippen LogP) is 2.10. The quantitative estimate of drug-likeness (QED) is 0.872. The van der Waals surface area contributed by atoms with E-state index in [4.69, 9.17) is 5.73 Å². The Balaban J connectivity index is 1.58. The highest BCUT2D eigenvalue weighted by Crippen LogP contribution is 2.35. The van der Waals surface area contributed by atoms with Crippen molar-refractivity contribution in [1.82, 2.24) is 25.1 Å². The van der Waals surface area contributed by atoms with E-state index in [1.807, 2.05) is 29.2 Å². The van der Waals surface area contributed by atoms with Crippen LogP contribution in [0.4, 0.5) is 5.69 Å². The smallest absolute Gasteiger partial charge is 0.226 e. The van der Waals surface area contributed by atoms with Crippen molar-refractivity contribution in [3.05, 3.63) is 30.1 Å². The number of rotatable bonds is 3. The molecular weight excluding hydrogens is 304 g/mol. The molecule has 24 heavy (non-hydrogen) atoms. The van der Waals surface area contributed by atoms with E-state index in [0.717, 1.165) is 44.3 Å². The molecule has 0 spiro atoms. The average Bonchev–Trinajstić information content (AvgIpc) is 3.03. The van der Waals surface area contributed by atoms with Crippen LogP contribution < -0.4 is 5.73 Å². The molecule has 4 rings (SSSR count). The first-order valence-corrected chi connectivity index (χ1v) is 8.69. The van der Waals surface area contributed by atoms with Gasteiger partial charge in [-0.15, -0.1) is 15.0 Å². The van der Waals surface area contributed by atoms with Crippen molar-refractivity contribution in [3.63, 3.8) is 0 Å². The molecule has 2 heterocycles. The van der Waals surface area contributed by atoms with E-state index in [1.54, 1.807) is 0 Å². The predicted molar refractivity (Wildman–Crippen MR) is 89.2 cm³/mol. The summed E-state index contributed by atoms with van der Waals surface area (Å²) in [5.41, 5.74) is 7.26. The summed E-state index contributed by atoms with van der Waals surface area (Å²) in [4.78, 5) is 16.2.